The highest BCUT2D eigenvalue weighted by Gasteiger charge is 2.28. The summed E-state index contributed by atoms with van der Waals surface area (Å²) >= 11 is 0. The van der Waals surface area contributed by atoms with Gasteiger partial charge in [-0.1, -0.05) is 31.2 Å². The van der Waals surface area contributed by atoms with Crippen LogP contribution in [0.4, 0.5) is 0 Å². The van der Waals surface area contributed by atoms with Gasteiger partial charge < -0.3 is 10.2 Å². The number of nitrogens with one attached hydrogen (secondary N) is 1. The number of benzene rings is 1. The Hall–Kier alpha value is -0.860. The van der Waals surface area contributed by atoms with E-state index in [4.69, 9.17) is 0 Å². The fourth-order valence-corrected chi connectivity index (χ4v) is 2.92. The summed E-state index contributed by atoms with van der Waals surface area (Å²) in [5, 5.41) is 3.75. The standard InChI is InChI=1S/C17H28N2/c1-14-7-5-6-8-16(14)15(2)18-13-17(3)9-11-19(4)12-10-17/h5-8,15,18H,9-13H2,1-4H3. The third kappa shape index (κ3) is 3.80. The number of hydrogen-bond acceptors (Lipinski definition) is 2. The second-order valence-corrected chi connectivity index (χ2v) is 6.57. The van der Waals surface area contributed by atoms with Crippen LogP contribution in [0.5, 0.6) is 0 Å². The van der Waals surface area contributed by atoms with E-state index < -0.39 is 0 Å². The number of hydrogen-bond donors (Lipinski definition) is 1. The molecule has 0 bridgehead atoms. The second-order valence-electron chi connectivity index (χ2n) is 6.57. The molecule has 1 fully saturated rings. The lowest BCUT2D eigenvalue weighted by atomic mass is 9.80. The number of aryl methyl sites for hydroxylation is 1. The first-order valence-electron chi connectivity index (χ1n) is 7.48. The van der Waals surface area contributed by atoms with Crippen LogP contribution in [0, 0.1) is 12.3 Å². The minimum Gasteiger partial charge on any atom is -0.310 e. The highest BCUT2D eigenvalue weighted by molar-refractivity contribution is 5.28. The molecule has 0 saturated carbocycles. The van der Waals surface area contributed by atoms with Gasteiger partial charge in [-0.05, 0) is 63.4 Å². The third-order valence-corrected chi connectivity index (χ3v) is 4.68. The van der Waals surface area contributed by atoms with Crippen LogP contribution in [0.25, 0.3) is 0 Å². The molecule has 2 rings (SSSR count). The van der Waals surface area contributed by atoms with Gasteiger partial charge in [0.15, 0.2) is 0 Å². The van der Waals surface area contributed by atoms with Crippen molar-refractivity contribution >= 4 is 0 Å². The first-order chi connectivity index (χ1) is 9.00. The Kier molecular flexibility index (Phi) is 4.64. The summed E-state index contributed by atoms with van der Waals surface area (Å²) in [6, 6.07) is 9.13. The molecule has 106 valence electrons. The van der Waals surface area contributed by atoms with E-state index in [9.17, 15) is 0 Å². The lowest BCUT2D eigenvalue weighted by Crippen LogP contribution is -2.42. The van der Waals surface area contributed by atoms with E-state index in [1.54, 1.807) is 0 Å². The van der Waals surface area contributed by atoms with Gasteiger partial charge >= 0.3 is 0 Å². The van der Waals surface area contributed by atoms with Crippen molar-refractivity contribution in [2.45, 2.75) is 39.7 Å². The fraction of sp³-hybridized carbons (Fsp3) is 0.647. The van der Waals surface area contributed by atoms with Gasteiger partial charge in [0.05, 0.1) is 0 Å². The second kappa shape index (κ2) is 6.06. The molecular weight excluding hydrogens is 232 g/mol. The predicted octanol–water partition coefficient (Wildman–Crippen LogP) is 3.38. The Morgan fingerprint density at radius 1 is 1.26 bits per heavy atom. The molecule has 1 N–H and O–H groups in total. The first-order valence-corrected chi connectivity index (χ1v) is 7.48. The molecule has 2 heteroatoms. The molecule has 0 radical (unpaired) electrons. The molecule has 0 aromatic heterocycles. The van der Waals surface area contributed by atoms with Crippen LogP contribution < -0.4 is 5.32 Å². The molecule has 1 atom stereocenters. The molecule has 0 aliphatic carbocycles. The van der Waals surface area contributed by atoms with Gasteiger partial charge in [-0.2, -0.15) is 0 Å². The number of likely N-dealkylation sites (tertiary alicyclic amines) is 1. The molecule has 2 nitrogen and oxygen atoms in total. The molecule has 0 amide bonds. The SMILES string of the molecule is Cc1ccccc1C(C)NCC1(C)CCN(C)CC1. The molecule has 1 heterocycles. The van der Waals surface area contributed by atoms with Crippen molar-refractivity contribution in [1.29, 1.82) is 0 Å². The molecule has 0 spiro atoms. The Balaban J connectivity index is 1.90. The maximum Gasteiger partial charge on any atom is 0.0294 e. The molecular formula is C17H28N2. The summed E-state index contributed by atoms with van der Waals surface area (Å²) in [6.07, 6.45) is 2.61. The molecule has 1 unspecified atom stereocenters. The van der Waals surface area contributed by atoms with E-state index in [0.29, 0.717) is 11.5 Å². The highest BCUT2D eigenvalue weighted by atomic mass is 15.1. The zero-order chi connectivity index (χ0) is 13.9. The minimum absolute atomic E-state index is 0.442. The molecule has 1 aromatic carbocycles. The van der Waals surface area contributed by atoms with Gasteiger partial charge in [-0.3, -0.25) is 0 Å². The van der Waals surface area contributed by atoms with Crippen LogP contribution in [-0.4, -0.2) is 31.6 Å². The lowest BCUT2D eigenvalue weighted by Gasteiger charge is -2.38. The number of piperidine rings is 1. The van der Waals surface area contributed by atoms with Crippen molar-refractivity contribution in [3.8, 4) is 0 Å². The molecule has 1 aromatic rings. The van der Waals surface area contributed by atoms with E-state index in [0.717, 1.165) is 6.54 Å². The van der Waals surface area contributed by atoms with Crippen LogP contribution in [0.1, 0.15) is 43.9 Å². The normalized spacial score (nSPS) is 21.3. The van der Waals surface area contributed by atoms with Crippen LogP contribution in [0.3, 0.4) is 0 Å². The van der Waals surface area contributed by atoms with E-state index >= 15 is 0 Å². The van der Waals surface area contributed by atoms with E-state index in [-0.39, 0.29) is 0 Å². The van der Waals surface area contributed by atoms with Crippen molar-refractivity contribution < 1.29 is 0 Å². The van der Waals surface area contributed by atoms with Gasteiger partial charge in [0.1, 0.15) is 0 Å². The largest absolute Gasteiger partial charge is 0.310 e. The van der Waals surface area contributed by atoms with Gasteiger partial charge in [0.25, 0.3) is 0 Å². The molecule has 1 saturated heterocycles. The van der Waals surface area contributed by atoms with Gasteiger partial charge in [-0.25, -0.2) is 0 Å². The monoisotopic (exact) mass is 260 g/mol. The molecule has 19 heavy (non-hydrogen) atoms. The van der Waals surface area contributed by atoms with E-state index in [1.165, 1.54) is 37.1 Å². The maximum atomic E-state index is 3.75. The van der Waals surface area contributed by atoms with Crippen LogP contribution in [-0.2, 0) is 0 Å². The van der Waals surface area contributed by atoms with Gasteiger partial charge in [-0.15, -0.1) is 0 Å². The molecule has 1 aliphatic rings. The fourth-order valence-electron chi connectivity index (χ4n) is 2.92. The topological polar surface area (TPSA) is 15.3 Å². The van der Waals surface area contributed by atoms with Crippen molar-refractivity contribution in [2.24, 2.45) is 5.41 Å². The average Bonchev–Trinajstić information content (AvgIpc) is 2.41. The number of nitrogens with zero attached hydrogens (tertiary/aromatic N) is 1. The summed E-state index contributed by atoms with van der Waals surface area (Å²) < 4.78 is 0. The Bertz CT molecular complexity index is 405. The predicted molar refractivity (Wildman–Crippen MR) is 82.4 cm³/mol. The summed E-state index contributed by atoms with van der Waals surface area (Å²) in [6.45, 7) is 10.5. The average molecular weight is 260 g/mol. The highest BCUT2D eigenvalue weighted by Crippen LogP contribution is 2.30. The van der Waals surface area contributed by atoms with Crippen molar-refractivity contribution in [2.75, 3.05) is 26.7 Å². The van der Waals surface area contributed by atoms with Crippen LogP contribution in [0.15, 0.2) is 24.3 Å². The summed E-state index contributed by atoms with van der Waals surface area (Å²) in [7, 11) is 2.23. The zero-order valence-electron chi connectivity index (χ0n) is 12.9. The lowest BCUT2D eigenvalue weighted by molar-refractivity contribution is 0.134. The van der Waals surface area contributed by atoms with Crippen molar-refractivity contribution in [3.05, 3.63) is 35.4 Å². The summed E-state index contributed by atoms with van der Waals surface area (Å²) in [5.74, 6) is 0. The Morgan fingerprint density at radius 3 is 2.53 bits per heavy atom. The van der Waals surface area contributed by atoms with Gasteiger partial charge in [0, 0.05) is 12.6 Å². The first kappa shape index (κ1) is 14.5. The van der Waals surface area contributed by atoms with Crippen molar-refractivity contribution in [3.63, 3.8) is 0 Å². The quantitative estimate of drug-likeness (QED) is 0.893. The van der Waals surface area contributed by atoms with Crippen LogP contribution in [0.2, 0.25) is 0 Å². The minimum atomic E-state index is 0.442. The van der Waals surface area contributed by atoms with Crippen molar-refractivity contribution in [1.82, 2.24) is 10.2 Å². The summed E-state index contributed by atoms with van der Waals surface area (Å²) in [5.41, 5.74) is 3.28. The zero-order valence-corrected chi connectivity index (χ0v) is 12.9. The van der Waals surface area contributed by atoms with E-state index in [2.05, 4.69) is 62.3 Å². The Labute approximate surface area is 118 Å². The Morgan fingerprint density at radius 2 is 1.89 bits per heavy atom. The third-order valence-electron chi connectivity index (χ3n) is 4.68. The number of rotatable bonds is 4. The van der Waals surface area contributed by atoms with Crippen LogP contribution >= 0.6 is 0 Å². The molecule has 1 aliphatic heterocycles. The summed E-state index contributed by atoms with van der Waals surface area (Å²) in [4.78, 5) is 2.44. The smallest absolute Gasteiger partial charge is 0.0294 e. The maximum absolute atomic E-state index is 3.75. The van der Waals surface area contributed by atoms with Gasteiger partial charge in [0.2, 0.25) is 0 Å². The van der Waals surface area contributed by atoms with E-state index in [1.807, 2.05) is 0 Å².